The van der Waals surface area contributed by atoms with Crippen LogP contribution in [0.5, 0.6) is 5.75 Å². The van der Waals surface area contributed by atoms with Crippen LogP contribution in [0, 0.1) is 0 Å². The number of amides is 1. The third-order valence-electron chi connectivity index (χ3n) is 3.93. The summed E-state index contributed by atoms with van der Waals surface area (Å²) in [5, 5.41) is 3.01. The van der Waals surface area contributed by atoms with Crippen molar-refractivity contribution in [3.05, 3.63) is 54.1 Å². The lowest BCUT2D eigenvalue weighted by atomic mass is 9.92. The van der Waals surface area contributed by atoms with Crippen LogP contribution in [0.15, 0.2) is 48.5 Å². The van der Waals surface area contributed by atoms with Crippen molar-refractivity contribution in [3.8, 4) is 5.75 Å². The SMILES string of the molecule is CN(C)c1ccc(NC(=O)C2CCOc3ccccc32)cc1. The molecule has 0 saturated heterocycles. The van der Waals surface area contributed by atoms with Gasteiger partial charge in [0.15, 0.2) is 0 Å². The van der Waals surface area contributed by atoms with Gasteiger partial charge in [-0.25, -0.2) is 0 Å². The number of carbonyl (C=O) groups excluding carboxylic acids is 1. The summed E-state index contributed by atoms with van der Waals surface area (Å²) in [6.45, 7) is 0.578. The zero-order valence-electron chi connectivity index (χ0n) is 12.9. The molecule has 0 bridgehead atoms. The van der Waals surface area contributed by atoms with Gasteiger partial charge in [0.05, 0.1) is 12.5 Å². The zero-order chi connectivity index (χ0) is 15.5. The Kier molecular flexibility index (Phi) is 4.00. The molecular weight excluding hydrogens is 276 g/mol. The van der Waals surface area contributed by atoms with E-state index in [2.05, 4.69) is 5.32 Å². The highest BCUT2D eigenvalue weighted by atomic mass is 16.5. The number of fused-ring (bicyclic) bond motifs is 1. The predicted molar refractivity (Wildman–Crippen MR) is 88.7 cm³/mol. The summed E-state index contributed by atoms with van der Waals surface area (Å²) in [5.41, 5.74) is 2.89. The van der Waals surface area contributed by atoms with Crippen molar-refractivity contribution in [1.29, 1.82) is 0 Å². The first-order chi connectivity index (χ1) is 10.6. The second-order valence-corrected chi connectivity index (χ2v) is 5.66. The van der Waals surface area contributed by atoms with Crippen molar-refractivity contribution in [2.45, 2.75) is 12.3 Å². The maximum atomic E-state index is 12.6. The Labute approximate surface area is 130 Å². The van der Waals surface area contributed by atoms with Crippen LogP contribution in [0.2, 0.25) is 0 Å². The second-order valence-electron chi connectivity index (χ2n) is 5.66. The largest absolute Gasteiger partial charge is 0.493 e. The van der Waals surface area contributed by atoms with Crippen molar-refractivity contribution < 1.29 is 9.53 Å². The molecule has 1 atom stereocenters. The highest BCUT2D eigenvalue weighted by Crippen LogP contribution is 2.34. The van der Waals surface area contributed by atoms with E-state index in [1.54, 1.807) is 0 Å². The summed E-state index contributed by atoms with van der Waals surface area (Å²) in [6.07, 6.45) is 0.707. The van der Waals surface area contributed by atoms with Crippen molar-refractivity contribution in [2.24, 2.45) is 0 Å². The predicted octanol–water partition coefficient (Wildman–Crippen LogP) is 3.26. The third kappa shape index (κ3) is 2.91. The highest BCUT2D eigenvalue weighted by molar-refractivity contribution is 5.96. The van der Waals surface area contributed by atoms with Crippen LogP contribution in [0.1, 0.15) is 17.9 Å². The zero-order valence-corrected chi connectivity index (χ0v) is 12.9. The molecule has 1 aliphatic heterocycles. The van der Waals surface area contributed by atoms with Crippen LogP contribution in [-0.4, -0.2) is 26.6 Å². The number of rotatable bonds is 3. The average Bonchev–Trinajstić information content (AvgIpc) is 2.54. The quantitative estimate of drug-likeness (QED) is 0.945. The molecule has 2 aromatic carbocycles. The van der Waals surface area contributed by atoms with E-state index in [0.29, 0.717) is 13.0 Å². The smallest absolute Gasteiger partial charge is 0.232 e. The molecule has 0 saturated carbocycles. The molecule has 1 aliphatic rings. The minimum atomic E-state index is -0.154. The van der Waals surface area contributed by atoms with Crippen LogP contribution in [0.25, 0.3) is 0 Å². The molecule has 0 aliphatic carbocycles. The van der Waals surface area contributed by atoms with Gasteiger partial charge in [0, 0.05) is 31.0 Å². The van der Waals surface area contributed by atoms with Crippen molar-refractivity contribution >= 4 is 17.3 Å². The van der Waals surface area contributed by atoms with E-state index in [0.717, 1.165) is 22.7 Å². The summed E-state index contributed by atoms with van der Waals surface area (Å²) < 4.78 is 5.61. The highest BCUT2D eigenvalue weighted by Gasteiger charge is 2.27. The fourth-order valence-electron chi connectivity index (χ4n) is 2.69. The molecule has 1 N–H and O–H groups in total. The number of hydrogen-bond acceptors (Lipinski definition) is 3. The Morgan fingerprint density at radius 2 is 1.86 bits per heavy atom. The first-order valence-corrected chi connectivity index (χ1v) is 7.45. The first kappa shape index (κ1) is 14.4. The van der Waals surface area contributed by atoms with Crippen LogP contribution in [-0.2, 0) is 4.79 Å². The van der Waals surface area contributed by atoms with E-state index in [1.165, 1.54) is 0 Å². The fraction of sp³-hybridized carbons (Fsp3) is 0.278. The third-order valence-corrected chi connectivity index (χ3v) is 3.93. The van der Waals surface area contributed by atoms with Crippen molar-refractivity contribution in [2.75, 3.05) is 30.9 Å². The van der Waals surface area contributed by atoms with E-state index in [4.69, 9.17) is 4.74 Å². The Morgan fingerprint density at radius 1 is 1.14 bits per heavy atom. The Balaban J connectivity index is 1.75. The number of nitrogens with zero attached hydrogens (tertiary/aromatic N) is 1. The maximum Gasteiger partial charge on any atom is 0.232 e. The van der Waals surface area contributed by atoms with Crippen molar-refractivity contribution in [3.63, 3.8) is 0 Å². The number of carbonyl (C=O) groups is 1. The number of hydrogen-bond donors (Lipinski definition) is 1. The van der Waals surface area contributed by atoms with Gasteiger partial charge < -0.3 is 15.0 Å². The van der Waals surface area contributed by atoms with Crippen LogP contribution in [0.4, 0.5) is 11.4 Å². The van der Waals surface area contributed by atoms with E-state index in [-0.39, 0.29) is 11.8 Å². The molecule has 3 rings (SSSR count). The summed E-state index contributed by atoms with van der Waals surface area (Å²) in [5.74, 6) is 0.684. The lowest BCUT2D eigenvalue weighted by Crippen LogP contribution is -2.26. The molecular formula is C18H20N2O2. The van der Waals surface area contributed by atoms with Gasteiger partial charge in [-0.1, -0.05) is 18.2 Å². The van der Waals surface area contributed by atoms with E-state index >= 15 is 0 Å². The number of nitrogens with one attached hydrogen (secondary N) is 1. The van der Waals surface area contributed by atoms with Crippen LogP contribution >= 0.6 is 0 Å². The van der Waals surface area contributed by atoms with Crippen LogP contribution < -0.4 is 15.0 Å². The molecule has 2 aromatic rings. The molecule has 0 fully saturated rings. The number of anilines is 2. The molecule has 4 heteroatoms. The molecule has 0 radical (unpaired) electrons. The number of benzene rings is 2. The molecule has 1 amide bonds. The molecule has 114 valence electrons. The molecule has 1 heterocycles. The summed E-state index contributed by atoms with van der Waals surface area (Å²) >= 11 is 0. The van der Waals surface area contributed by atoms with Gasteiger partial charge in [-0.15, -0.1) is 0 Å². The Hall–Kier alpha value is -2.49. The summed E-state index contributed by atoms with van der Waals surface area (Å²) in [6, 6.07) is 15.6. The average molecular weight is 296 g/mol. The van der Waals surface area contributed by atoms with Gasteiger partial charge in [0.2, 0.25) is 5.91 Å². The standard InChI is InChI=1S/C18H20N2O2/c1-20(2)14-9-7-13(8-10-14)19-18(21)16-11-12-22-17-6-4-3-5-15(16)17/h3-10,16H,11-12H2,1-2H3,(H,19,21). The van der Waals surface area contributed by atoms with E-state index < -0.39 is 0 Å². The lowest BCUT2D eigenvalue weighted by molar-refractivity contribution is -0.118. The van der Waals surface area contributed by atoms with Gasteiger partial charge in [-0.2, -0.15) is 0 Å². The summed E-state index contributed by atoms with van der Waals surface area (Å²) in [7, 11) is 3.99. The molecule has 1 unspecified atom stereocenters. The Bertz CT molecular complexity index is 665. The second kappa shape index (κ2) is 6.10. The molecule has 22 heavy (non-hydrogen) atoms. The van der Waals surface area contributed by atoms with Gasteiger partial charge in [0.25, 0.3) is 0 Å². The summed E-state index contributed by atoms with van der Waals surface area (Å²) in [4.78, 5) is 14.6. The van der Waals surface area contributed by atoms with Crippen molar-refractivity contribution in [1.82, 2.24) is 0 Å². The minimum Gasteiger partial charge on any atom is -0.493 e. The minimum absolute atomic E-state index is 0.0216. The molecule has 0 spiro atoms. The van der Waals surface area contributed by atoms with E-state index in [1.807, 2.05) is 67.5 Å². The Morgan fingerprint density at radius 3 is 2.59 bits per heavy atom. The number of para-hydroxylation sites is 1. The van der Waals surface area contributed by atoms with Gasteiger partial charge in [-0.3, -0.25) is 4.79 Å². The first-order valence-electron chi connectivity index (χ1n) is 7.45. The van der Waals surface area contributed by atoms with Gasteiger partial charge in [0.1, 0.15) is 5.75 Å². The lowest BCUT2D eigenvalue weighted by Gasteiger charge is -2.25. The molecule has 4 nitrogen and oxygen atoms in total. The van der Waals surface area contributed by atoms with Gasteiger partial charge >= 0.3 is 0 Å². The normalized spacial score (nSPS) is 16.4. The fourth-order valence-corrected chi connectivity index (χ4v) is 2.69. The van der Waals surface area contributed by atoms with Crippen LogP contribution in [0.3, 0.4) is 0 Å². The van der Waals surface area contributed by atoms with E-state index in [9.17, 15) is 4.79 Å². The maximum absolute atomic E-state index is 12.6. The monoisotopic (exact) mass is 296 g/mol. The molecule has 0 aromatic heterocycles. The van der Waals surface area contributed by atoms with Gasteiger partial charge in [-0.05, 0) is 36.8 Å². The topological polar surface area (TPSA) is 41.6 Å². The number of ether oxygens (including phenoxy) is 1.